The average molecular weight is 367 g/mol. The highest BCUT2D eigenvalue weighted by Crippen LogP contribution is 2.29. The van der Waals surface area contributed by atoms with Gasteiger partial charge in [0.2, 0.25) is 0 Å². The van der Waals surface area contributed by atoms with Crippen molar-refractivity contribution < 1.29 is 0 Å². The highest BCUT2D eigenvalue weighted by Gasteiger charge is 2.16. The van der Waals surface area contributed by atoms with Gasteiger partial charge in [-0.2, -0.15) is 5.10 Å². The molecule has 1 aliphatic heterocycles. The highest BCUT2D eigenvalue weighted by molar-refractivity contribution is 7.35. The summed E-state index contributed by atoms with van der Waals surface area (Å²) in [7, 11) is 2.79. The predicted molar refractivity (Wildman–Crippen MR) is 111 cm³/mol. The molecule has 1 fully saturated rings. The quantitative estimate of drug-likeness (QED) is 0.709. The lowest BCUT2D eigenvalue weighted by atomic mass is 10.0. The minimum Gasteiger partial charge on any atom is -0.382 e. The third kappa shape index (κ3) is 3.46. The third-order valence-electron chi connectivity index (χ3n) is 5.20. The molecule has 1 atom stereocenters. The molecule has 0 radical (unpaired) electrons. The van der Waals surface area contributed by atoms with Crippen LogP contribution in [0.4, 0.5) is 5.69 Å². The molecule has 0 aliphatic carbocycles. The largest absolute Gasteiger partial charge is 0.382 e. The SMILES string of the molecule is CPn1nc(C)c2cc(-c3cccc(NC4CCN(C)CC4)c3)cnc21. The maximum absolute atomic E-state index is 4.68. The van der Waals surface area contributed by atoms with Crippen molar-refractivity contribution in [2.24, 2.45) is 0 Å². The van der Waals surface area contributed by atoms with Crippen LogP contribution in [-0.2, 0) is 0 Å². The Kier molecular flexibility index (Phi) is 4.92. The third-order valence-corrected chi connectivity index (χ3v) is 5.94. The second-order valence-corrected chi connectivity index (χ2v) is 7.99. The van der Waals surface area contributed by atoms with E-state index in [-0.39, 0.29) is 0 Å². The molecule has 136 valence electrons. The molecule has 1 aromatic carbocycles. The Morgan fingerprint density at radius 3 is 2.73 bits per heavy atom. The Hall–Kier alpha value is -1.97. The van der Waals surface area contributed by atoms with Crippen molar-refractivity contribution in [3.63, 3.8) is 0 Å². The van der Waals surface area contributed by atoms with Crippen molar-refractivity contribution in [2.75, 3.05) is 32.1 Å². The number of hydrogen-bond acceptors (Lipinski definition) is 4. The van der Waals surface area contributed by atoms with Gasteiger partial charge in [0.05, 0.1) is 5.69 Å². The number of aryl methyl sites for hydroxylation is 1. The second-order valence-electron chi connectivity index (χ2n) is 7.12. The van der Waals surface area contributed by atoms with Crippen LogP contribution in [-0.4, -0.2) is 52.3 Å². The molecular formula is C20H26N5P. The van der Waals surface area contributed by atoms with Crippen LogP contribution in [0.25, 0.3) is 22.2 Å². The van der Waals surface area contributed by atoms with E-state index in [0.29, 0.717) is 14.8 Å². The van der Waals surface area contributed by atoms with Crippen LogP contribution in [0.5, 0.6) is 0 Å². The van der Waals surface area contributed by atoms with E-state index < -0.39 is 0 Å². The smallest absolute Gasteiger partial charge is 0.161 e. The standard InChI is InChI=1S/C20H26N5P/c1-14-19-12-16(13-21-20(19)25(23-14)26-3)15-5-4-6-18(11-15)22-17-7-9-24(2)10-8-17/h4-6,11-13,17,22,26H,7-10H2,1-3H3. The molecule has 1 aliphatic rings. The zero-order valence-electron chi connectivity index (χ0n) is 15.7. The van der Waals surface area contributed by atoms with Gasteiger partial charge >= 0.3 is 0 Å². The number of hydrogen-bond donors (Lipinski definition) is 1. The summed E-state index contributed by atoms with van der Waals surface area (Å²) in [6.45, 7) is 6.51. The van der Waals surface area contributed by atoms with Gasteiger partial charge in [0.25, 0.3) is 0 Å². The summed E-state index contributed by atoms with van der Waals surface area (Å²) in [6, 6.07) is 11.5. The minimum atomic E-state index is 0.563. The molecule has 0 spiro atoms. The number of pyridine rings is 1. The number of benzene rings is 1. The second kappa shape index (κ2) is 7.34. The number of nitrogens with one attached hydrogen (secondary N) is 1. The lowest BCUT2D eigenvalue weighted by Crippen LogP contribution is -2.36. The van der Waals surface area contributed by atoms with Gasteiger partial charge in [-0.25, -0.2) is 9.44 Å². The van der Waals surface area contributed by atoms with E-state index >= 15 is 0 Å². The Balaban J connectivity index is 1.60. The monoisotopic (exact) mass is 367 g/mol. The fourth-order valence-electron chi connectivity index (χ4n) is 3.63. The predicted octanol–water partition coefficient (Wildman–Crippen LogP) is 3.98. The molecule has 1 N–H and O–H groups in total. The zero-order chi connectivity index (χ0) is 18.1. The van der Waals surface area contributed by atoms with Crippen LogP contribution in [0.15, 0.2) is 36.5 Å². The summed E-state index contributed by atoms with van der Waals surface area (Å²) < 4.78 is 1.99. The topological polar surface area (TPSA) is 46.0 Å². The summed E-state index contributed by atoms with van der Waals surface area (Å²) in [4.78, 5) is 7.08. The maximum Gasteiger partial charge on any atom is 0.161 e. The van der Waals surface area contributed by atoms with Crippen molar-refractivity contribution in [1.82, 2.24) is 19.4 Å². The normalized spacial score (nSPS) is 16.7. The summed E-state index contributed by atoms with van der Waals surface area (Å²) >= 11 is 0. The van der Waals surface area contributed by atoms with Crippen molar-refractivity contribution in [2.45, 2.75) is 25.8 Å². The molecule has 1 saturated heterocycles. The number of rotatable bonds is 4. The summed E-state index contributed by atoms with van der Waals surface area (Å²) in [5.74, 6) is 0. The summed E-state index contributed by atoms with van der Waals surface area (Å²) in [5.41, 5.74) is 5.56. The van der Waals surface area contributed by atoms with Crippen LogP contribution in [0, 0.1) is 6.92 Å². The molecule has 5 nitrogen and oxygen atoms in total. The maximum atomic E-state index is 4.68. The van der Waals surface area contributed by atoms with Crippen LogP contribution in [0.1, 0.15) is 18.5 Å². The Morgan fingerprint density at radius 1 is 1.15 bits per heavy atom. The van der Waals surface area contributed by atoms with E-state index in [4.69, 9.17) is 0 Å². The molecule has 26 heavy (non-hydrogen) atoms. The molecule has 1 unspecified atom stereocenters. The van der Waals surface area contributed by atoms with E-state index in [1.165, 1.54) is 37.2 Å². The first kappa shape index (κ1) is 17.4. The van der Waals surface area contributed by atoms with Crippen molar-refractivity contribution in [1.29, 1.82) is 0 Å². The van der Waals surface area contributed by atoms with E-state index in [9.17, 15) is 0 Å². The average Bonchev–Trinajstić information content (AvgIpc) is 2.99. The van der Waals surface area contributed by atoms with Gasteiger partial charge in [-0.3, -0.25) is 0 Å². The Bertz CT molecular complexity index is 912. The molecule has 3 heterocycles. The van der Waals surface area contributed by atoms with E-state index in [1.807, 2.05) is 10.6 Å². The molecule has 0 saturated carbocycles. The fraction of sp³-hybridized carbons (Fsp3) is 0.400. The van der Waals surface area contributed by atoms with Crippen LogP contribution >= 0.6 is 8.73 Å². The van der Waals surface area contributed by atoms with Gasteiger partial charge in [-0.1, -0.05) is 12.1 Å². The first-order chi connectivity index (χ1) is 12.6. The molecule has 2 aromatic heterocycles. The van der Waals surface area contributed by atoms with E-state index in [2.05, 4.69) is 71.3 Å². The molecule has 4 rings (SSSR count). The zero-order valence-corrected chi connectivity index (χ0v) is 16.7. The van der Waals surface area contributed by atoms with Crippen LogP contribution in [0.3, 0.4) is 0 Å². The van der Waals surface area contributed by atoms with Crippen LogP contribution in [0.2, 0.25) is 0 Å². The summed E-state index contributed by atoms with van der Waals surface area (Å²) in [5, 5.41) is 9.45. The Morgan fingerprint density at radius 2 is 1.96 bits per heavy atom. The molecular weight excluding hydrogens is 341 g/mol. The molecule has 3 aromatic rings. The lowest BCUT2D eigenvalue weighted by molar-refractivity contribution is 0.264. The van der Waals surface area contributed by atoms with Gasteiger partial charge in [-0.05, 0) is 70.3 Å². The van der Waals surface area contributed by atoms with Gasteiger partial charge in [0.15, 0.2) is 5.65 Å². The number of likely N-dealkylation sites (tertiary alicyclic amines) is 1. The number of fused-ring (bicyclic) bond motifs is 1. The van der Waals surface area contributed by atoms with Gasteiger partial charge in [0.1, 0.15) is 0 Å². The lowest BCUT2D eigenvalue weighted by Gasteiger charge is -2.30. The molecule has 0 amide bonds. The minimum absolute atomic E-state index is 0.563. The van der Waals surface area contributed by atoms with Crippen molar-refractivity contribution >= 4 is 25.5 Å². The van der Waals surface area contributed by atoms with Gasteiger partial charge in [0, 0.05) is 37.6 Å². The number of nitrogens with zero attached hydrogens (tertiary/aromatic N) is 4. The number of aromatic nitrogens is 3. The Labute approximate surface area is 156 Å². The summed E-state index contributed by atoms with van der Waals surface area (Å²) in [6.07, 6.45) is 4.36. The fourth-order valence-corrected chi connectivity index (χ4v) is 4.27. The van der Waals surface area contributed by atoms with Crippen molar-refractivity contribution in [3.05, 3.63) is 42.2 Å². The number of anilines is 1. The highest BCUT2D eigenvalue weighted by atomic mass is 31.1. The van der Waals surface area contributed by atoms with E-state index in [1.54, 1.807) is 0 Å². The van der Waals surface area contributed by atoms with E-state index in [0.717, 1.165) is 22.3 Å². The first-order valence-electron chi connectivity index (χ1n) is 9.22. The van der Waals surface area contributed by atoms with Crippen LogP contribution < -0.4 is 5.32 Å². The first-order valence-corrected chi connectivity index (χ1v) is 10.7. The molecule has 6 heteroatoms. The van der Waals surface area contributed by atoms with Gasteiger partial charge in [-0.15, -0.1) is 0 Å². The molecule has 0 bridgehead atoms. The van der Waals surface area contributed by atoms with Crippen molar-refractivity contribution in [3.8, 4) is 11.1 Å². The number of piperidine rings is 1. The van der Waals surface area contributed by atoms with Gasteiger partial charge < -0.3 is 10.2 Å².